The quantitative estimate of drug-likeness (QED) is 0.637. The molecule has 5 fully saturated rings. The molecule has 0 aromatic rings. The Bertz CT molecular complexity index is 582. The van der Waals surface area contributed by atoms with Gasteiger partial charge >= 0.3 is 12.3 Å². The number of carbonyl (C=O) groups is 2. The summed E-state index contributed by atoms with van der Waals surface area (Å²) in [5, 5.41) is 20.2. The lowest BCUT2D eigenvalue weighted by molar-refractivity contribution is -0.774. The minimum absolute atomic E-state index is 0.0883. The van der Waals surface area contributed by atoms with Gasteiger partial charge in [-0.2, -0.15) is 9.74 Å². The van der Waals surface area contributed by atoms with Crippen molar-refractivity contribution in [2.45, 2.75) is 69.4 Å². The predicted molar refractivity (Wildman–Crippen MR) is 81.5 cm³/mol. The summed E-state index contributed by atoms with van der Waals surface area (Å²) >= 11 is 0. The van der Waals surface area contributed by atoms with Crippen LogP contribution in [0.3, 0.4) is 0 Å². The molecule has 5 aliphatic rings. The fourth-order valence-corrected chi connectivity index (χ4v) is 6.66. The van der Waals surface area contributed by atoms with E-state index in [2.05, 4.69) is 6.07 Å². The Morgan fingerprint density at radius 2 is 2.00 bits per heavy atom. The molecule has 4 saturated carbocycles. The number of quaternary nitrogens is 1. The van der Waals surface area contributed by atoms with E-state index in [0.29, 0.717) is 44.1 Å². The Kier molecular flexibility index (Phi) is 3.24. The van der Waals surface area contributed by atoms with Crippen molar-refractivity contribution in [1.82, 2.24) is 0 Å². The van der Waals surface area contributed by atoms with Crippen LogP contribution < -0.4 is 0 Å². The molecule has 2 amide bonds. The molecule has 5 heteroatoms. The maximum atomic E-state index is 13.1. The van der Waals surface area contributed by atoms with E-state index in [9.17, 15) is 20.0 Å². The molecular formula is C18H25N2O3+. The summed E-state index contributed by atoms with van der Waals surface area (Å²) in [5.41, 5.74) is -0.719. The van der Waals surface area contributed by atoms with Crippen molar-refractivity contribution in [2.24, 2.45) is 17.3 Å². The molecule has 1 saturated heterocycles. The van der Waals surface area contributed by atoms with E-state index in [1.165, 1.54) is 6.42 Å². The van der Waals surface area contributed by atoms with E-state index in [1.54, 1.807) is 0 Å². The van der Waals surface area contributed by atoms with Gasteiger partial charge in [0.25, 0.3) is 0 Å². The Hall–Kier alpha value is -1.25. The van der Waals surface area contributed by atoms with Crippen LogP contribution in [0.15, 0.2) is 0 Å². The highest BCUT2D eigenvalue weighted by Crippen LogP contribution is 2.63. The van der Waals surface area contributed by atoms with Crippen molar-refractivity contribution in [3.8, 4) is 6.07 Å². The van der Waals surface area contributed by atoms with Gasteiger partial charge in [-0.25, -0.2) is 9.59 Å². The van der Waals surface area contributed by atoms with Crippen LogP contribution in [0.2, 0.25) is 0 Å². The van der Waals surface area contributed by atoms with Crippen LogP contribution in [-0.2, 0) is 9.59 Å². The molecule has 5 rings (SSSR count). The van der Waals surface area contributed by atoms with Crippen molar-refractivity contribution in [3.05, 3.63) is 0 Å². The van der Waals surface area contributed by atoms with Crippen LogP contribution in [0.4, 0.5) is 0 Å². The van der Waals surface area contributed by atoms with Crippen LogP contribution in [0.25, 0.3) is 0 Å². The number of nitriles is 1. The molecule has 0 spiro atoms. The third kappa shape index (κ3) is 2.19. The number of hydrogen-bond donors (Lipinski definition) is 1. The van der Waals surface area contributed by atoms with Gasteiger partial charge in [-0.3, -0.25) is 0 Å². The molecule has 0 aromatic heterocycles. The van der Waals surface area contributed by atoms with Crippen LogP contribution in [-0.4, -0.2) is 40.1 Å². The first-order valence-electron chi connectivity index (χ1n) is 8.92. The Labute approximate surface area is 136 Å². The van der Waals surface area contributed by atoms with E-state index < -0.39 is 11.6 Å². The second-order valence-corrected chi connectivity index (χ2v) is 8.80. The van der Waals surface area contributed by atoms with Crippen molar-refractivity contribution in [2.75, 3.05) is 6.54 Å². The van der Waals surface area contributed by atoms with Gasteiger partial charge in [0.2, 0.25) is 0 Å². The Morgan fingerprint density at radius 1 is 1.30 bits per heavy atom. The summed E-state index contributed by atoms with van der Waals surface area (Å²) in [5.74, 6) is 0.975. The number of nitrogens with zero attached hydrogens (tertiary/aromatic N) is 2. The highest BCUT2D eigenvalue weighted by atomic mass is 16.3. The summed E-state index contributed by atoms with van der Waals surface area (Å²) in [6.45, 7) is 0.466. The standard InChI is InChI=1S/C18H25N2O3/c19-10-15-2-1-3-20(15,12-21)16(22)9-17-5-13-4-14(6-17)8-18(23,7-13)11-17/h12-15,23H,1-9,11H2/q+1. The van der Waals surface area contributed by atoms with Crippen molar-refractivity contribution >= 4 is 12.3 Å². The zero-order chi connectivity index (χ0) is 16.3. The highest BCUT2D eigenvalue weighted by molar-refractivity contribution is 5.77. The second kappa shape index (κ2) is 4.87. The summed E-state index contributed by atoms with van der Waals surface area (Å²) in [7, 11) is 0. The number of hydrogen-bond acceptors (Lipinski definition) is 4. The lowest BCUT2D eigenvalue weighted by atomic mass is 9.47. The van der Waals surface area contributed by atoms with E-state index in [0.717, 1.165) is 32.1 Å². The lowest BCUT2D eigenvalue weighted by Crippen LogP contribution is -2.60. The van der Waals surface area contributed by atoms with Gasteiger partial charge in [0.05, 0.1) is 18.6 Å². The topological polar surface area (TPSA) is 78.2 Å². The summed E-state index contributed by atoms with van der Waals surface area (Å²) < 4.78 is -0.300. The first kappa shape index (κ1) is 15.3. The molecule has 23 heavy (non-hydrogen) atoms. The van der Waals surface area contributed by atoms with Crippen molar-refractivity contribution in [1.29, 1.82) is 5.26 Å². The minimum Gasteiger partial charge on any atom is -0.390 e. The fourth-order valence-electron chi connectivity index (χ4n) is 6.66. The average Bonchev–Trinajstić information content (AvgIpc) is 2.88. The number of amides is 2. The van der Waals surface area contributed by atoms with Crippen LogP contribution >= 0.6 is 0 Å². The first-order chi connectivity index (χ1) is 10.9. The van der Waals surface area contributed by atoms with Gasteiger partial charge in [-0.1, -0.05) is 0 Å². The van der Waals surface area contributed by atoms with Crippen molar-refractivity contribution in [3.63, 3.8) is 0 Å². The summed E-state index contributed by atoms with van der Waals surface area (Å²) in [6.07, 6.45) is 8.12. The molecule has 4 unspecified atom stereocenters. The maximum absolute atomic E-state index is 13.1. The maximum Gasteiger partial charge on any atom is 0.322 e. The molecule has 124 valence electrons. The lowest BCUT2D eigenvalue weighted by Gasteiger charge is -2.60. The smallest absolute Gasteiger partial charge is 0.322 e. The molecule has 4 atom stereocenters. The highest BCUT2D eigenvalue weighted by Gasteiger charge is 2.60. The number of carbonyl (C=O) groups excluding carboxylic acids is 2. The monoisotopic (exact) mass is 317 g/mol. The Morgan fingerprint density at radius 3 is 2.57 bits per heavy atom. The molecule has 0 radical (unpaired) electrons. The molecule has 1 N–H and O–H groups in total. The molecule has 5 nitrogen and oxygen atoms in total. The summed E-state index contributed by atoms with van der Waals surface area (Å²) in [6, 6.07) is 1.66. The molecule has 4 bridgehead atoms. The number of rotatable bonds is 3. The second-order valence-electron chi connectivity index (χ2n) is 8.80. The number of aliphatic hydroxyl groups is 1. The van der Waals surface area contributed by atoms with E-state index in [-0.39, 0.29) is 15.8 Å². The third-order valence-corrected chi connectivity index (χ3v) is 7.04. The molecular weight excluding hydrogens is 292 g/mol. The number of likely N-dealkylation sites (tertiary alicyclic amines) is 1. The van der Waals surface area contributed by atoms with E-state index in [1.807, 2.05) is 0 Å². The Balaban J connectivity index is 1.59. The van der Waals surface area contributed by atoms with Crippen molar-refractivity contribution < 1.29 is 19.2 Å². The molecule has 1 aliphatic heterocycles. The third-order valence-electron chi connectivity index (χ3n) is 7.04. The molecule has 0 aromatic carbocycles. The minimum atomic E-state index is -0.587. The summed E-state index contributed by atoms with van der Waals surface area (Å²) in [4.78, 5) is 24.8. The molecule has 1 heterocycles. The zero-order valence-corrected chi connectivity index (χ0v) is 13.5. The van der Waals surface area contributed by atoms with Gasteiger partial charge in [0.1, 0.15) is 6.07 Å². The fraction of sp³-hybridized carbons (Fsp3) is 0.833. The van der Waals surface area contributed by atoms with E-state index in [4.69, 9.17) is 0 Å². The van der Waals surface area contributed by atoms with Gasteiger partial charge in [-0.15, -0.1) is 0 Å². The van der Waals surface area contributed by atoms with Crippen LogP contribution in [0.1, 0.15) is 57.8 Å². The predicted octanol–water partition coefficient (Wildman–Crippen LogP) is 1.89. The van der Waals surface area contributed by atoms with Gasteiger partial charge in [0.15, 0.2) is 6.04 Å². The zero-order valence-electron chi connectivity index (χ0n) is 13.5. The van der Waals surface area contributed by atoms with E-state index >= 15 is 0 Å². The molecule has 4 aliphatic carbocycles. The first-order valence-corrected chi connectivity index (χ1v) is 8.92. The SMILES string of the molecule is N#CC1CCC[N+]1(C=O)C(=O)CC12CC3CC(CC(O)(C3)C1)C2. The van der Waals surface area contributed by atoms with Gasteiger partial charge in [-0.05, 0) is 55.8 Å². The van der Waals surface area contributed by atoms with Crippen LogP contribution in [0.5, 0.6) is 0 Å². The normalized spacial score (nSPS) is 50.7. The van der Waals surface area contributed by atoms with Gasteiger partial charge in [0, 0.05) is 12.8 Å². The largest absolute Gasteiger partial charge is 0.390 e. The van der Waals surface area contributed by atoms with Crippen LogP contribution in [0, 0.1) is 28.6 Å². The van der Waals surface area contributed by atoms with Gasteiger partial charge < -0.3 is 5.11 Å². The average molecular weight is 317 g/mol. The number of imide groups is 1.